The fourth-order valence-corrected chi connectivity index (χ4v) is 5.57. The number of halogens is 1. The van der Waals surface area contributed by atoms with Gasteiger partial charge in [0.15, 0.2) is 0 Å². The molecule has 28 heavy (non-hydrogen) atoms. The summed E-state index contributed by atoms with van der Waals surface area (Å²) in [4.78, 5) is 2.64. The van der Waals surface area contributed by atoms with Crippen LogP contribution in [-0.4, -0.2) is 41.3 Å². The minimum atomic E-state index is 0.417. The number of piperidine rings is 1. The van der Waals surface area contributed by atoms with E-state index in [9.17, 15) is 0 Å². The minimum Gasteiger partial charge on any atom is -0.492 e. The van der Waals surface area contributed by atoms with Gasteiger partial charge in [-0.2, -0.15) is 0 Å². The highest BCUT2D eigenvalue weighted by atomic mass is 35.5. The van der Waals surface area contributed by atoms with Crippen molar-refractivity contribution in [1.29, 1.82) is 0 Å². The summed E-state index contributed by atoms with van der Waals surface area (Å²) >= 11 is 6.36. The molecule has 0 bridgehead atoms. The first-order valence-corrected chi connectivity index (χ1v) is 10.9. The van der Waals surface area contributed by atoms with E-state index < -0.39 is 0 Å². The Bertz CT molecular complexity index is 913. The van der Waals surface area contributed by atoms with Gasteiger partial charge in [-0.1, -0.05) is 18.0 Å². The highest BCUT2D eigenvalue weighted by molar-refractivity contribution is 6.33. The Labute approximate surface area is 169 Å². The zero-order valence-corrected chi connectivity index (χ0v) is 16.6. The van der Waals surface area contributed by atoms with Crippen LogP contribution in [-0.2, 0) is 6.42 Å². The summed E-state index contributed by atoms with van der Waals surface area (Å²) in [6.45, 7) is 4.30. The number of nitrogen functional groups attached to an aromatic ring is 1. The van der Waals surface area contributed by atoms with Crippen LogP contribution in [0.2, 0.25) is 5.02 Å². The zero-order valence-electron chi connectivity index (χ0n) is 15.9. The first-order valence-electron chi connectivity index (χ1n) is 10.5. The number of nitrogens with two attached hydrogens (primary N) is 1. The van der Waals surface area contributed by atoms with E-state index in [2.05, 4.69) is 15.1 Å². The number of anilines is 1. The highest BCUT2D eigenvalue weighted by Crippen LogP contribution is 2.58. The summed E-state index contributed by atoms with van der Waals surface area (Å²) in [6.07, 6.45) is 6.05. The largest absolute Gasteiger partial charge is 0.492 e. The Morgan fingerprint density at radius 1 is 1.18 bits per heavy atom. The van der Waals surface area contributed by atoms with Crippen molar-refractivity contribution < 1.29 is 9.15 Å². The Hall–Kier alpha value is -1.79. The van der Waals surface area contributed by atoms with Crippen LogP contribution in [0, 0.1) is 17.8 Å². The molecule has 3 fully saturated rings. The lowest BCUT2D eigenvalue weighted by Gasteiger charge is -2.31. The van der Waals surface area contributed by atoms with Gasteiger partial charge >= 0.3 is 0 Å². The number of rotatable bonds is 4. The molecule has 0 radical (unpaired) electrons. The van der Waals surface area contributed by atoms with Crippen LogP contribution in [0.3, 0.4) is 0 Å². The lowest BCUT2D eigenvalue weighted by atomic mass is 9.85. The molecule has 2 aromatic rings. The number of likely N-dealkylation sites (tertiary alicyclic amines) is 1. The van der Waals surface area contributed by atoms with E-state index >= 15 is 0 Å². The molecule has 0 amide bonds. The summed E-state index contributed by atoms with van der Waals surface area (Å²) in [6, 6.07) is 1.80. The second kappa shape index (κ2) is 6.36. The third-order valence-electron chi connectivity index (χ3n) is 7.16. The van der Waals surface area contributed by atoms with Crippen LogP contribution >= 0.6 is 11.6 Å². The molecule has 2 saturated carbocycles. The molecule has 2 aliphatic carbocycles. The van der Waals surface area contributed by atoms with Gasteiger partial charge in [-0.25, -0.2) is 0 Å². The molecule has 7 heteroatoms. The van der Waals surface area contributed by atoms with E-state index in [0.717, 1.165) is 41.5 Å². The third-order valence-corrected chi connectivity index (χ3v) is 7.47. The molecule has 6 nitrogen and oxygen atoms in total. The number of ether oxygens (including phenoxy) is 1. The molecule has 6 rings (SSSR count). The van der Waals surface area contributed by atoms with Crippen molar-refractivity contribution in [2.24, 2.45) is 17.8 Å². The van der Waals surface area contributed by atoms with Crippen molar-refractivity contribution >= 4 is 17.3 Å². The summed E-state index contributed by atoms with van der Waals surface area (Å²) < 4.78 is 12.0. The van der Waals surface area contributed by atoms with Crippen LogP contribution in [0.5, 0.6) is 5.75 Å². The molecular weight excluding hydrogens is 376 g/mol. The third kappa shape index (κ3) is 2.65. The van der Waals surface area contributed by atoms with E-state index in [4.69, 9.17) is 26.5 Å². The Morgan fingerprint density at radius 3 is 2.75 bits per heavy atom. The monoisotopic (exact) mass is 400 g/mol. The predicted octanol–water partition coefficient (Wildman–Crippen LogP) is 3.74. The molecule has 148 valence electrons. The molecule has 2 N–H and O–H groups in total. The molecule has 3 heterocycles. The van der Waals surface area contributed by atoms with Gasteiger partial charge in [-0.3, -0.25) is 0 Å². The van der Waals surface area contributed by atoms with Crippen molar-refractivity contribution in [3.8, 4) is 17.2 Å². The number of hydrogen-bond donors (Lipinski definition) is 1. The van der Waals surface area contributed by atoms with Crippen LogP contribution in [0.25, 0.3) is 11.5 Å². The van der Waals surface area contributed by atoms with Gasteiger partial charge in [-0.05, 0) is 49.5 Å². The predicted molar refractivity (Wildman–Crippen MR) is 106 cm³/mol. The fraction of sp³-hybridized carbons (Fsp3) is 0.619. The van der Waals surface area contributed by atoms with Gasteiger partial charge in [0.25, 0.3) is 5.89 Å². The number of hydrogen-bond acceptors (Lipinski definition) is 6. The number of nitrogens with zero attached hydrogens (tertiary/aromatic N) is 3. The fourth-order valence-electron chi connectivity index (χ4n) is 5.34. The Morgan fingerprint density at radius 2 is 2.00 bits per heavy atom. The number of benzene rings is 1. The van der Waals surface area contributed by atoms with Gasteiger partial charge < -0.3 is 19.8 Å². The number of aromatic nitrogens is 2. The molecule has 1 aromatic carbocycles. The smallest absolute Gasteiger partial charge is 0.251 e. The first kappa shape index (κ1) is 17.1. The zero-order chi connectivity index (χ0) is 18.8. The molecule has 0 spiro atoms. The maximum Gasteiger partial charge on any atom is 0.251 e. The molecule has 1 saturated heterocycles. The van der Waals surface area contributed by atoms with E-state index in [0.29, 0.717) is 41.0 Å². The van der Waals surface area contributed by atoms with Crippen LogP contribution in [0.1, 0.15) is 43.1 Å². The first-order chi connectivity index (χ1) is 13.7. The molecular formula is C21H25ClN4O2. The number of fused-ring (bicyclic) bond motifs is 2. The topological polar surface area (TPSA) is 77.4 Å². The van der Waals surface area contributed by atoms with E-state index in [-0.39, 0.29) is 0 Å². The lowest BCUT2D eigenvalue weighted by Crippen LogP contribution is -2.32. The molecule has 1 aromatic heterocycles. The Balaban J connectivity index is 1.21. The molecule has 2 aliphatic heterocycles. The van der Waals surface area contributed by atoms with Crippen LogP contribution in [0.4, 0.5) is 5.69 Å². The Kier molecular flexibility index (Phi) is 3.88. The van der Waals surface area contributed by atoms with E-state index in [1.54, 1.807) is 6.07 Å². The van der Waals surface area contributed by atoms with Crippen LogP contribution < -0.4 is 10.5 Å². The maximum absolute atomic E-state index is 6.36. The summed E-state index contributed by atoms with van der Waals surface area (Å²) in [5, 5.41) is 9.24. The van der Waals surface area contributed by atoms with Crippen molar-refractivity contribution in [3.63, 3.8) is 0 Å². The molecule has 2 atom stereocenters. The van der Waals surface area contributed by atoms with Crippen molar-refractivity contribution in [1.82, 2.24) is 15.1 Å². The van der Waals surface area contributed by atoms with Crippen molar-refractivity contribution in [3.05, 3.63) is 22.5 Å². The van der Waals surface area contributed by atoms with E-state index in [1.807, 2.05) is 0 Å². The lowest BCUT2D eigenvalue weighted by molar-refractivity contribution is 0.188. The van der Waals surface area contributed by atoms with Gasteiger partial charge in [0.1, 0.15) is 5.75 Å². The van der Waals surface area contributed by atoms with E-state index in [1.165, 1.54) is 38.9 Å². The second-order valence-electron chi connectivity index (χ2n) is 8.89. The highest BCUT2D eigenvalue weighted by Gasteiger charge is 2.59. The summed E-state index contributed by atoms with van der Waals surface area (Å²) in [5.41, 5.74) is 8.48. The summed E-state index contributed by atoms with van der Waals surface area (Å²) in [7, 11) is 0. The second-order valence-corrected chi connectivity index (χ2v) is 9.30. The SMILES string of the molecule is Nc1c(Cl)cc(-c2nnc(C3C4CN(CC5CCC5)CC43)o2)c2c1CCCO2. The normalized spacial score (nSPS) is 29.1. The minimum absolute atomic E-state index is 0.417. The van der Waals surface area contributed by atoms with Crippen molar-refractivity contribution in [2.45, 2.75) is 38.0 Å². The average molecular weight is 401 g/mol. The summed E-state index contributed by atoms with van der Waals surface area (Å²) in [5.74, 6) is 4.72. The van der Waals surface area contributed by atoms with Gasteiger partial charge in [0, 0.05) is 31.1 Å². The maximum atomic E-state index is 6.36. The molecule has 2 unspecified atom stereocenters. The van der Waals surface area contributed by atoms with Gasteiger partial charge in [-0.15, -0.1) is 10.2 Å². The molecule has 4 aliphatic rings. The van der Waals surface area contributed by atoms with Crippen molar-refractivity contribution in [2.75, 3.05) is 32.0 Å². The standard InChI is InChI=1S/C21H25ClN4O2/c22-16-7-13(19-12(18(16)23)5-2-6-27-19)20-24-25-21(28-20)17-14-9-26(10-15(14)17)8-11-3-1-4-11/h7,11,14-15,17H,1-6,8-10,23H2. The average Bonchev–Trinajstić information content (AvgIpc) is 3.03. The van der Waals surface area contributed by atoms with Gasteiger partial charge in [0.05, 0.1) is 22.9 Å². The van der Waals surface area contributed by atoms with Gasteiger partial charge in [0.2, 0.25) is 5.89 Å². The van der Waals surface area contributed by atoms with Crippen LogP contribution in [0.15, 0.2) is 10.5 Å². The quantitative estimate of drug-likeness (QED) is 0.787.